The molecule has 0 unspecified atom stereocenters. The molecule has 0 aliphatic carbocycles. The Morgan fingerprint density at radius 2 is 1.71 bits per heavy atom. The Morgan fingerprint density at radius 1 is 1.00 bits per heavy atom. The molecule has 3 aromatic carbocycles. The Bertz CT molecular complexity index is 1210. The Kier molecular flexibility index (Phi) is 6.60. The second kappa shape index (κ2) is 9.18. The number of methoxy groups -OCH3 is 1. The minimum atomic E-state index is -4.01. The van der Waals surface area contributed by atoms with Gasteiger partial charge < -0.3 is 10.1 Å². The summed E-state index contributed by atoms with van der Waals surface area (Å²) in [4.78, 5) is 12.4. The monoisotopic (exact) mass is 442 g/mol. The zero-order valence-electron chi connectivity index (χ0n) is 17.4. The third-order valence-corrected chi connectivity index (χ3v) is 6.11. The van der Waals surface area contributed by atoms with E-state index in [1.54, 1.807) is 43.3 Å². The fraction of sp³-hybridized carbons (Fsp3) is 0.174. The van der Waals surface area contributed by atoms with E-state index in [1.165, 1.54) is 31.4 Å². The summed E-state index contributed by atoms with van der Waals surface area (Å²) in [6.45, 7) is 3.65. The van der Waals surface area contributed by atoms with E-state index in [0.29, 0.717) is 16.8 Å². The number of ether oxygens (including phenoxy) is 1. The number of carbonyl (C=O) groups excluding carboxylic acids is 1. The van der Waals surface area contributed by atoms with Crippen molar-refractivity contribution in [1.82, 2.24) is 5.32 Å². The summed E-state index contributed by atoms with van der Waals surface area (Å²) in [7, 11) is -2.65. The molecule has 6 nitrogen and oxygen atoms in total. The smallest absolute Gasteiger partial charge is 0.265 e. The van der Waals surface area contributed by atoms with Gasteiger partial charge in [-0.15, -0.1) is 0 Å². The van der Waals surface area contributed by atoms with E-state index in [2.05, 4.69) is 10.0 Å². The highest BCUT2D eigenvalue weighted by Gasteiger charge is 2.22. The van der Waals surface area contributed by atoms with Crippen molar-refractivity contribution in [3.05, 3.63) is 88.7 Å². The van der Waals surface area contributed by atoms with Gasteiger partial charge in [-0.05, 0) is 61.4 Å². The standard InChI is InChI=1S/C23H23FN2O4S/c1-15-4-9-19(10-5-15)26-31(28,29)22-13-18(8-11-21(22)30-3)23(27)25-14-17-7-6-16(2)20(24)12-17/h4-13,26H,14H2,1-3H3,(H,25,27). The fourth-order valence-corrected chi connectivity index (χ4v) is 4.15. The van der Waals surface area contributed by atoms with Crippen molar-refractivity contribution in [1.29, 1.82) is 0 Å². The van der Waals surface area contributed by atoms with E-state index in [4.69, 9.17) is 4.74 Å². The summed E-state index contributed by atoms with van der Waals surface area (Å²) in [6, 6.07) is 15.7. The van der Waals surface area contributed by atoms with Crippen molar-refractivity contribution >= 4 is 21.6 Å². The molecule has 0 heterocycles. The molecule has 162 valence electrons. The van der Waals surface area contributed by atoms with Crippen LogP contribution in [0.3, 0.4) is 0 Å². The molecular weight excluding hydrogens is 419 g/mol. The number of sulfonamides is 1. The quantitative estimate of drug-likeness (QED) is 0.575. The molecule has 31 heavy (non-hydrogen) atoms. The van der Waals surface area contributed by atoms with Crippen molar-refractivity contribution in [3.63, 3.8) is 0 Å². The maximum Gasteiger partial charge on any atom is 0.265 e. The summed E-state index contributed by atoms with van der Waals surface area (Å²) in [5.41, 5.74) is 2.63. The number of rotatable bonds is 7. The first-order valence-corrected chi connectivity index (χ1v) is 11.0. The zero-order chi connectivity index (χ0) is 22.6. The number of nitrogens with one attached hydrogen (secondary N) is 2. The lowest BCUT2D eigenvalue weighted by Gasteiger charge is -2.13. The molecule has 0 aliphatic rings. The van der Waals surface area contributed by atoms with Crippen LogP contribution >= 0.6 is 0 Å². The summed E-state index contributed by atoms with van der Waals surface area (Å²) >= 11 is 0. The van der Waals surface area contributed by atoms with Gasteiger partial charge in [0.1, 0.15) is 16.5 Å². The number of hydrogen-bond acceptors (Lipinski definition) is 4. The van der Waals surface area contributed by atoms with E-state index in [-0.39, 0.29) is 28.6 Å². The molecule has 0 radical (unpaired) electrons. The topological polar surface area (TPSA) is 84.5 Å². The van der Waals surface area contributed by atoms with E-state index in [9.17, 15) is 17.6 Å². The maximum absolute atomic E-state index is 13.7. The number of aryl methyl sites for hydroxylation is 2. The molecule has 0 fully saturated rings. The Labute approximate surface area is 181 Å². The predicted octanol–water partition coefficient (Wildman–Crippen LogP) is 4.18. The van der Waals surface area contributed by atoms with Gasteiger partial charge in [0.2, 0.25) is 0 Å². The van der Waals surface area contributed by atoms with E-state index in [1.807, 2.05) is 6.92 Å². The second-order valence-corrected chi connectivity index (χ2v) is 8.75. The second-order valence-electron chi connectivity index (χ2n) is 7.10. The lowest BCUT2D eigenvalue weighted by molar-refractivity contribution is 0.0950. The van der Waals surface area contributed by atoms with E-state index >= 15 is 0 Å². The van der Waals surface area contributed by atoms with Gasteiger partial charge in [-0.3, -0.25) is 9.52 Å². The van der Waals surface area contributed by atoms with Crippen LogP contribution in [0.15, 0.2) is 65.6 Å². The van der Waals surface area contributed by atoms with E-state index < -0.39 is 15.9 Å². The van der Waals surface area contributed by atoms with Gasteiger partial charge in [-0.1, -0.05) is 29.8 Å². The molecule has 0 aliphatic heterocycles. The first-order valence-electron chi connectivity index (χ1n) is 9.50. The number of anilines is 1. The summed E-state index contributed by atoms with van der Waals surface area (Å²) < 4.78 is 47.2. The van der Waals surface area contributed by atoms with Crippen LogP contribution in [0.25, 0.3) is 0 Å². The Balaban J connectivity index is 1.82. The molecule has 3 rings (SSSR count). The minimum Gasteiger partial charge on any atom is -0.495 e. The van der Waals surface area contributed by atoms with Crippen LogP contribution in [-0.4, -0.2) is 21.4 Å². The van der Waals surface area contributed by atoms with Crippen molar-refractivity contribution in [2.24, 2.45) is 0 Å². The van der Waals surface area contributed by atoms with Crippen molar-refractivity contribution in [2.75, 3.05) is 11.8 Å². The summed E-state index contributed by atoms with van der Waals surface area (Å²) in [6.07, 6.45) is 0. The van der Waals surface area contributed by atoms with Gasteiger partial charge in [0.05, 0.1) is 7.11 Å². The third-order valence-electron chi connectivity index (χ3n) is 4.71. The summed E-state index contributed by atoms with van der Waals surface area (Å²) in [5.74, 6) is -0.737. The van der Waals surface area contributed by atoms with Crippen LogP contribution < -0.4 is 14.8 Å². The highest BCUT2D eigenvalue weighted by atomic mass is 32.2. The van der Waals surface area contributed by atoms with Gasteiger partial charge in [-0.2, -0.15) is 0 Å². The van der Waals surface area contributed by atoms with Crippen LogP contribution in [0.4, 0.5) is 10.1 Å². The van der Waals surface area contributed by atoms with E-state index in [0.717, 1.165) is 5.56 Å². The third kappa shape index (κ3) is 5.40. The number of amides is 1. The molecule has 0 atom stereocenters. The molecule has 0 saturated heterocycles. The lowest BCUT2D eigenvalue weighted by Crippen LogP contribution is -2.23. The summed E-state index contributed by atoms with van der Waals surface area (Å²) in [5, 5.41) is 2.67. The maximum atomic E-state index is 13.7. The molecule has 1 amide bonds. The van der Waals surface area contributed by atoms with Crippen LogP contribution in [0.2, 0.25) is 0 Å². The largest absolute Gasteiger partial charge is 0.495 e. The van der Waals surface area contributed by atoms with Crippen molar-refractivity contribution < 1.29 is 22.3 Å². The van der Waals surface area contributed by atoms with Gasteiger partial charge in [0, 0.05) is 17.8 Å². The number of benzene rings is 3. The Hall–Kier alpha value is -3.39. The van der Waals surface area contributed by atoms with Crippen LogP contribution in [0, 0.1) is 19.7 Å². The molecule has 0 aromatic heterocycles. The average molecular weight is 443 g/mol. The van der Waals surface area contributed by atoms with Crippen molar-refractivity contribution in [3.8, 4) is 5.75 Å². The van der Waals surface area contributed by atoms with Crippen molar-refractivity contribution in [2.45, 2.75) is 25.3 Å². The number of carbonyl (C=O) groups is 1. The lowest BCUT2D eigenvalue weighted by atomic mass is 10.1. The molecule has 0 spiro atoms. The van der Waals surface area contributed by atoms with Gasteiger partial charge in [0.25, 0.3) is 15.9 Å². The van der Waals surface area contributed by atoms with Gasteiger partial charge >= 0.3 is 0 Å². The fourth-order valence-electron chi connectivity index (χ4n) is 2.89. The van der Waals surface area contributed by atoms with Crippen LogP contribution in [-0.2, 0) is 16.6 Å². The highest BCUT2D eigenvalue weighted by molar-refractivity contribution is 7.92. The van der Waals surface area contributed by atoms with Crippen LogP contribution in [0.5, 0.6) is 5.75 Å². The predicted molar refractivity (Wildman–Crippen MR) is 117 cm³/mol. The zero-order valence-corrected chi connectivity index (χ0v) is 18.2. The normalized spacial score (nSPS) is 11.1. The van der Waals surface area contributed by atoms with Gasteiger partial charge in [-0.25, -0.2) is 12.8 Å². The average Bonchev–Trinajstić information content (AvgIpc) is 2.75. The molecule has 0 saturated carbocycles. The molecule has 0 bridgehead atoms. The molecule has 3 aromatic rings. The first-order chi connectivity index (χ1) is 14.7. The van der Waals surface area contributed by atoms with Crippen LogP contribution in [0.1, 0.15) is 27.0 Å². The molecule has 2 N–H and O–H groups in total. The number of hydrogen-bond donors (Lipinski definition) is 2. The number of halogens is 1. The Morgan fingerprint density at radius 3 is 2.35 bits per heavy atom. The molecule has 8 heteroatoms. The highest BCUT2D eigenvalue weighted by Crippen LogP contribution is 2.27. The SMILES string of the molecule is COc1ccc(C(=O)NCc2ccc(C)c(F)c2)cc1S(=O)(=O)Nc1ccc(C)cc1. The molecular formula is C23H23FN2O4S. The minimum absolute atomic E-state index is 0.103. The van der Waals surface area contributed by atoms with Gasteiger partial charge in [0.15, 0.2) is 0 Å². The first kappa shape index (κ1) is 22.3.